The molecule has 0 radical (unpaired) electrons. The summed E-state index contributed by atoms with van der Waals surface area (Å²) in [6, 6.07) is 0. The van der Waals surface area contributed by atoms with Crippen LogP contribution in [-0.2, 0) is 50.7 Å². The van der Waals surface area contributed by atoms with Crippen molar-refractivity contribution in [2.75, 3.05) is 37.8 Å². The minimum absolute atomic E-state index is 0.0334. The van der Waals surface area contributed by atoms with E-state index in [2.05, 4.69) is 48.3 Å². The van der Waals surface area contributed by atoms with Gasteiger partial charge in [-0.2, -0.15) is 4.31 Å². The molecular weight excluding hydrogens is 927 g/mol. The Morgan fingerprint density at radius 3 is 2.17 bits per heavy atom. The predicted octanol–water partition coefficient (Wildman–Crippen LogP) is 3.61. The Bertz CT molecular complexity index is 1960. The summed E-state index contributed by atoms with van der Waals surface area (Å²) < 4.78 is 62.4. The van der Waals surface area contributed by atoms with E-state index in [1.54, 1.807) is 0 Å². The zero-order valence-electron chi connectivity index (χ0n) is 36.4. The Morgan fingerprint density at radius 1 is 0.906 bits per heavy atom. The maximum absolute atomic E-state index is 12.7. The van der Waals surface area contributed by atoms with Gasteiger partial charge in [0.05, 0.1) is 19.5 Å². The molecule has 2 unspecified atom stereocenters. The lowest BCUT2D eigenvalue weighted by atomic mass is 9.87. The summed E-state index contributed by atoms with van der Waals surface area (Å²) >= 11 is 1.15. The molecule has 1 saturated heterocycles. The van der Waals surface area contributed by atoms with E-state index >= 15 is 0 Å². The highest BCUT2D eigenvalue weighted by atomic mass is 32.2. The first-order valence-electron chi connectivity index (χ1n) is 21.0. The van der Waals surface area contributed by atoms with Gasteiger partial charge < -0.3 is 50.9 Å². The number of carbonyl (C=O) groups is 3. The topological polar surface area (TPSA) is 364 Å². The third kappa shape index (κ3) is 19.8. The molecule has 3 heterocycles. The smallest absolute Gasteiger partial charge is 0.386 e. The zero-order valence-corrected chi connectivity index (χ0v) is 39.9. The lowest BCUT2D eigenvalue weighted by Gasteiger charge is -2.30. The minimum atomic E-state index is -5.57. The van der Waals surface area contributed by atoms with E-state index in [4.69, 9.17) is 19.5 Å². The number of amides is 2. The van der Waals surface area contributed by atoms with Crippen LogP contribution in [0, 0.1) is 11.3 Å². The first-order valence-corrected chi connectivity index (χ1v) is 26.5. The summed E-state index contributed by atoms with van der Waals surface area (Å²) in [5.41, 5.74) is 4.29. The number of fused-ring (bicyclic) bond motifs is 1. The lowest BCUT2D eigenvalue weighted by Crippen LogP contribution is -2.46. The highest BCUT2D eigenvalue weighted by Gasteiger charge is 2.50. The molecule has 10 N–H and O–H groups in total. The van der Waals surface area contributed by atoms with Crippen LogP contribution in [0.4, 0.5) is 5.82 Å². The van der Waals surface area contributed by atoms with Crippen LogP contribution in [0.15, 0.2) is 12.7 Å². The maximum atomic E-state index is 12.7. The Morgan fingerprint density at radius 2 is 1.53 bits per heavy atom. The molecule has 0 aliphatic carbocycles. The lowest BCUT2D eigenvalue weighted by molar-refractivity contribution is -0.137. The van der Waals surface area contributed by atoms with Crippen molar-refractivity contribution in [3.05, 3.63) is 12.7 Å². The highest BCUT2D eigenvalue weighted by Crippen LogP contribution is 2.61. The molecule has 3 rings (SSSR count). The number of imidazole rings is 1. The maximum Gasteiger partial charge on any atom is 0.481 e. The first kappa shape index (κ1) is 55.9. The van der Waals surface area contributed by atoms with Crippen molar-refractivity contribution in [2.45, 2.75) is 135 Å². The Kier molecular flexibility index (Phi) is 22.9. The van der Waals surface area contributed by atoms with Gasteiger partial charge in [0, 0.05) is 37.1 Å². The van der Waals surface area contributed by atoms with Crippen molar-refractivity contribution in [3.8, 4) is 0 Å². The number of nitrogen functional groups attached to an aromatic ring is 1. The van der Waals surface area contributed by atoms with Crippen LogP contribution < -0.4 is 16.4 Å². The number of rotatable bonds is 31. The summed E-state index contributed by atoms with van der Waals surface area (Å²) in [5, 5.41) is 26.6. The van der Waals surface area contributed by atoms with E-state index in [9.17, 15) is 57.9 Å². The number of aliphatic hydroxyl groups excluding tert-OH is 2. The molecule has 1 aliphatic rings. The quantitative estimate of drug-likeness (QED) is 0.0385. The van der Waals surface area contributed by atoms with Gasteiger partial charge in [0.1, 0.15) is 36.3 Å². The molecule has 24 nitrogen and oxygen atoms in total. The second-order valence-electron chi connectivity index (χ2n) is 16.4. The third-order valence-corrected chi connectivity index (χ3v) is 14.0. The average Bonchev–Trinajstić information content (AvgIpc) is 3.76. The van der Waals surface area contributed by atoms with Gasteiger partial charge in [-0.05, 0) is 12.3 Å². The fourth-order valence-electron chi connectivity index (χ4n) is 6.43. The van der Waals surface area contributed by atoms with E-state index in [0.717, 1.165) is 54.2 Å². The molecule has 366 valence electrons. The van der Waals surface area contributed by atoms with E-state index in [0.29, 0.717) is 12.2 Å². The average molecular weight is 992 g/mol. The number of carbonyl (C=O) groups excluding carboxylic acids is 3. The second-order valence-corrected chi connectivity index (χ2v) is 21.8. The number of phosphoric acid groups is 3. The van der Waals surface area contributed by atoms with Crippen LogP contribution in [0.3, 0.4) is 0 Å². The van der Waals surface area contributed by atoms with E-state index in [-0.39, 0.29) is 41.6 Å². The van der Waals surface area contributed by atoms with E-state index in [1.807, 2.05) is 0 Å². The number of nitrogens with two attached hydrogens (primary N) is 1. The van der Waals surface area contributed by atoms with Gasteiger partial charge in [-0.25, -0.2) is 28.6 Å². The number of hydrogen-bond donors (Lipinski definition) is 9. The first-order chi connectivity index (χ1) is 29.9. The monoisotopic (exact) mass is 991 g/mol. The van der Waals surface area contributed by atoms with Crippen molar-refractivity contribution in [1.29, 1.82) is 0 Å². The summed E-state index contributed by atoms with van der Waals surface area (Å²) in [4.78, 5) is 88.2. The molecule has 64 heavy (non-hydrogen) atoms. The fraction of sp³-hybridized carbons (Fsp3) is 0.778. The predicted molar refractivity (Wildman–Crippen MR) is 233 cm³/mol. The molecule has 7 atom stereocenters. The number of nitrogens with zero attached hydrogens (tertiary/aromatic N) is 4. The van der Waals surface area contributed by atoms with E-state index < -0.39 is 84.6 Å². The van der Waals surface area contributed by atoms with Crippen LogP contribution in [0.1, 0.15) is 111 Å². The van der Waals surface area contributed by atoms with Gasteiger partial charge >= 0.3 is 23.5 Å². The van der Waals surface area contributed by atoms with Crippen molar-refractivity contribution in [1.82, 2.24) is 30.2 Å². The highest BCUT2D eigenvalue weighted by molar-refractivity contribution is 8.13. The molecular formula is C36H64N7O17P3S. The third-order valence-electron chi connectivity index (χ3n) is 9.93. The molecule has 0 aromatic carbocycles. The van der Waals surface area contributed by atoms with Gasteiger partial charge in [-0.3, -0.25) is 32.5 Å². The van der Waals surface area contributed by atoms with E-state index in [1.165, 1.54) is 58.8 Å². The number of anilines is 1. The van der Waals surface area contributed by atoms with Crippen molar-refractivity contribution in [3.63, 3.8) is 0 Å². The number of hydrogen-bond acceptors (Lipinski definition) is 18. The van der Waals surface area contributed by atoms with Gasteiger partial charge in [0.2, 0.25) is 11.8 Å². The number of unbranched alkanes of at least 4 members (excludes halogenated alkanes) is 8. The normalized spacial score (nSPS) is 20.5. The number of thioether (sulfide) groups is 1. The number of ether oxygens (including phenoxy) is 1. The molecule has 1 aliphatic heterocycles. The fourth-order valence-corrected chi connectivity index (χ4v) is 9.98. The van der Waals surface area contributed by atoms with Gasteiger partial charge in [-0.15, -0.1) is 0 Å². The van der Waals surface area contributed by atoms with Crippen LogP contribution in [0.25, 0.3) is 11.2 Å². The minimum Gasteiger partial charge on any atom is -0.386 e. The molecule has 28 heteroatoms. The number of phosphoric ester groups is 3. The summed E-state index contributed by atoms with van der Waals surface area (Å²) in [5.74, 6) is -0.256. The molecule has 0 saturated carbocycles. The van der Waals surface area contributed by atoms with Crippen LogP contribution in [0.2, 0.25) is 0 Å². The zero-order chi connectivity index (χ0) is 47.7. The summed E-state index contributed by atoms with van der Waals surface area (Å²) in [6.07, 6.45) is 5.43. The Labute approximate surface area is 376 Å². The van der Waals surface area contributed by atoms with Gasteiger partial charge in [-0.1, -0.05) is 97.2 Å². The molecule has 2 aromatic heterocycles. The standard InChI is InChI=1S/C36H64N7O17P3S/c1-24(2)14-12-10-8-6-5-7-9-11-13-15-27(45)64-19-18-38-26(44)16-17-39-34(48)31(47)36(3,4)21-57-63(54,55)60-62(52,53)56-20-25-30(59-61(49,50)51)29(46)35(58-25)43-23-42-28-32(37)40-22-41-33(28)43/h22-25,29-31,35,46-47H,5-21H2,1-4H3,(H,38,44)(H,39,48)(H,52,53)(H,54,55)(H2,37,40,41)(H2,49,50,51)/t25-,29-,30-,31+,35-/m1/s1. The van der Waals surface area contributed by atoms with Gasteiger partial charge in [0.25, 0.3) is 0 Å². The second kappa shape index (κ2) is 26.2. The number of aliphatic hydroxyl groups is 2. The van der Waals surface area contributed by atoms with Crippen LogP contribution in [-0.4, -0.2) is 123 Å². The van der Waals surface area contributed by atoms with Crippen molar-refractivity contribution in [2.24, 2.45) is 11.3 Å². The number of nitrogens with one attached hydrogen (secondary N) is 2. The largest absolute Gasteiger partial charge is 0.481 e. The Balaban J connectivity index is 1.34. The van der Waals surface area contributed by atoms with Crippen LogP contribution in [0.5, 0.6) is 0 Å². The van der Waals surface area contributed by atoms with Crippen molar-refractivity contribution >= 4 is 69.1 Å². The molecule has 1 fully saturated rings. The SMILES string of the molecule is CC(C)CCCCCCCCCCCC(=O)SCCNC(=O)CCNC(=O)[C@H](O)C(C)(C)COP(=O)(O)OP(=O)(O)OC[C@H]1O[C@@H](n2cnc3c(N)ncnc32)[C@H](O)[C@@H]1OP(=O)(O)O. The molecule has 0 bridgehead atoms. The molecule has 2 aromatic rings. The van der Waals surface area contributed by atoms with Crippen molar-refractivity contribution < 1.29 is 80.5 Å². The summed E-state index contributed by atoms with van der Waals surface area (Å²) in [7, 11) is -16.4. The molecule has 2 amide bonds. The Hall–Kier alpha value is -2.44. The number of aromatic nitrogens is 4. The summed E-state index contributed by atoms with van der Waals surface area (Å²) in [6.45, 7) is 5.08. The van der Waals surface area contributed by atoms with Gasteiger partial charge in [0.15, 0.2) is 22.8 Å². The molecule has 0 spiro atoms. The van der Waals surface area contributed by atoms with Crippen LogP contribution >= 0.6 is 35.2 Å².